The molecule has 0 unspecified atom stereocenters. The molecular formula is C13H10N2OS. The van der Waals surface area contributed by atoms with Crippen LogP contribution in [0.1, 0.15) is 5.56 Å². The van der Waals surface area contributed by atoms with Gasteiger partial charge < -0.3 is 5.11 Å². The Balaban J connectivity index is 2.18. The van der Waals surface area contributed by atoms with Crippen molar-refractivity contribution < 1.29 is 5.11 Å². The van der Waals surface area contributed by atoms with Crippen molar-refractivity contribution in [2.75, 3.05) is 0 Å². The second kappa shape index (κ2) is 3.82. The first kappa shape index (κ1) is 10.2. The fraction of sp³-hybridized carbons (Fsp3) is 0.0769. The molecule has 0 spiro atoms. The first-order valence-electron chi connectivity index (χ1n) is 5.24. The van der Waals surface area contributed by atoms with Crippen LogP contribution in [0.5, 0.6) is 5.75 Å². The molecule has 1 aromatic carbocycles. The van der Waals surface area contributed by atoms with Gasteiger partial charge in [0.25, 0.3) is 0 Å². The number of benzene rings is 1. The number of aryl methyl sites for hydroxylation is 1. The Hall–Kier alpha value is -1.94. The topological polar surface area (TPSA) is 46.0 Å². The maximum Gasteiger partial charge on any atom is 0.134 e. The van der Waals surface area contributed by atoms with E-state index >= 15 is 0 Å². The van der Waals surface area contributed by atoms with E-state index in [2.05, 4.69) is 28.2 Å². The minimum atomic E-state index is 0.165. The summed E-state index contributed by atoms with van der Waals surface area (Å²) in [5.41, 5.74) is 3.04. The molecule has 0 saturated heterocycles. The van der Waals surface area contributed by atoms with Crippen LogP contribution in [0, 0.1) is 6.92 Å². The van der Waals surface area contributed by atoms with E-state index in [1.807, 2.05) is 6.92 Å². The highest BCUT2D eigenvalue weighted by atomic mass is 32.1. The fourth-order valence-corrected chi connectivity index (χ4v) is 2.63. The molecular weight excluding hydrogens is 232 g/mol. The number of nitrogens with zero attached hydrogens (tertiary/aromatic N) is 2. The molecule has 0 aliphatic carbocycles. The zero-order valence-electron chi connectivity index (χ0n) is 9.21. The lowest BCUT2D eigenvalue weighted by Gasteiger charge is -1.95. The fourth-order valence-electron chi connectivity index (χ4n) is 1.71. The molecule has 4 heteroatoms. The van der Waals surface area contributed by atoms with E-state index < -0.39 is 0 Å². The van der Waals surface area contributed by atoms with E-state index in [-0.39, 0.29) is 5.75 Å². The smallest absolute Gasteiger partial charge is 0.134 e. The molecule has 0 fully saturated rings. The number of rotatable bonds is 1. The van der Waals surface area contributed by atoms with Gasteiger partial charge in [-0.25, -0.2) is 4.98 Å². The van der Waals surface area contributed by atoms with Gasteiger partial charge in [0.1, 0.15) is 10.8 Å². The van der Waals surface area contributed by atoms with Crippen molar-refractivity contribution in [2.45, 2.75) is 6.92 Å². The standard InChI is InChI=1S/C13H10N2OS/c1-8-2-3-12-11(4-8)15-13(17-12)9-5-10(16)7-14-6-9/h2-7,16H,1H3. The Morgan fingerprint density at radius 1 is 1.18 bits per heavy atom. The highest BCUT2D eigenvalue weighted by molar-refractivity contribution is 7.21. The molecule has 0 amide bonds. The first-order chi connectivity index (χ1) is 8.22. The van der Waals surface area contributed by atoms with Crippen LogP contribution in [0.3, 0.4) is 0 Å². The second-order valence-corrected chi connectivity index (χ2v) is 4.95. The Bertz CT molecular complexity index is 691. The molecule has 0 saturated carbocycles. The summed E-state index contributed by atoms with van der Waals surface area (Å²) >= 11 is 1.61. The van der Waals surface area contributed by atoms with Crippen molar-refractivity contribution in [3.63, 3.8) is 0 Å². The number of thiazole rings is 1. The number of hydrogen-bond donors (Lipinski definition) is 1. The summed E-state index contributed by atoms with van der Waals surface area (Å²) in [4.78, 5) is 8.52. The van der Waals surface area contributed by atoms with E-state index in [9.17, 15) is 5.11 Å². The molecule has 3 aromatic rings. The maximum atomic E-state index is 9.41. The van der Waals surface area contributed by atoms with Crippen LogP contribution in [0.25, 0.3) is 20.8 Å². The SMILES string of the molecule is Cc1ccc2sc(-c3cncc(O)c3)nc2c1. The molecule has 2 heterocycles. The highest BCUT2D eigenvalue weighted by Gasteiger charge is 2.07. The molecule has 17 heavy (non-hydrogen) atoms. The third-order valence-corrected chi connectivity index (χ3v) is 3.60. The van der Waals surface area contributed by atoms with E-state index in [1.165, 1.54) is 11.8 Å². The van der Waals surface area contributed by atoms with Gasteiger partial charge in [-0.05, 0) is 30.7 Å². The summed E-state index contributed by atoms with van der Waals surface area (Å²) in [6.07, 6.45) is 3.13. The van der Waals surface area contributed by atoms with Gasteiger partial charge in [0.15, 0.2) is 0 Å². The van der Waals surface area contributed by atoms with Crippen LogP contribution in [0.2, 0.25) is 0 Å². The predicted octanol–water partition coefficient (Wildman–Crippen LogP) is 3.37. The molecule has 0 aliphatic rings. The van der Waals surface area contributed by atoms with Crippen LogP contribution >= 0.6 is 11.3 Å². The van der Waals surface area contributed by atoms with Crippen molar-refractivity contribution >= 4 is 21.6 Å². The number of aromatic nitrogens is 2. The number of pyridine rings is 1. The highest BCUT2D eigenvalue weighted by Crippen LogP contribution is 2.31. The molecule has 1 N–H and O–H groups in total. The molecule has 0 bridgehead atoms. The predicted molar refractivity (Wildman–Crippen MR) is 69.3 cm³/mol. The quantitative estimate of drug-likeness (QED) is 0.711. The summed E-state index contributed by atoms with van der Waals surface area (Å²) in [7, 11) is 0. The number of aromatic hydroxyl groups is 1. The van der Waals surface area contributed by atoms with Crippen LogP contribution in [0.4, 0.5) is 0 Å². The van der Waals surface area contributed by atoms with Crippen molar-refractivity contribution in [1.82, 2.24) is 9.97 Å². The third-order valence-electron chi connectivity index (χ3n) is 2.51. The third kappa shape index (κ3) is 1.87. The number of hydrogen-bond acceptors (Lipinski definition) is 4. The summed E-state index contributed by atoms with van der Waals surface area (Å²) in [6, 6.07) is 7.89. The van der Waals surface area contributed by atoms with E-state index in [1.54, 1.807) is 23.6 Å². The molecule has 3 rings (SSSR count). The van der Waals surface area contributed by atoms with Gasteiger partial charge in [0.05, 0.1) is 16.4 Å². The minimum absolute atomic E-state index is 0.165. The van der Waals surface area contributed by atoms with Gasteiger partial charge in [-0.1, -0.05) is 6.07 Å². The summed E-state index contributed by atoms with van der Waals surface area (Å²) in [6.45, 7) is 2.05. The van der Waals surface area contributed by atoms with E-state index in [0.717, 1.165) is 20.8 Å². The Morgan fingerprint density at radius 2 is 2.06 bits per heavy atom. The van der Waals surface area contributed by atoms with Gasteiger partial charge in [0.2, 0.25) is 0 Å². The van der Waals surface area contributed by atoms with Crippen molar-refractivity contribution in [1.29, 1.82) is 0 Å². The summed E-state index contributed by atoms with van der Waals surface area (Å²) in [5, 5.41) is 10.3. The monoisotopic (exact) mass is 242 g/mol. The Morgan fingerprint density at radius 3 is 2.88 bits per heavy atom. The zero-order valence-corrected chi connectivity index (χ0v) is 10.0. The Kier molecular flexibility index (Phi) is 2.30. The molecule has 3 nitrogen and oxygen atoms in total. The average Bonchev–Trinajstić information content (AvgIpc) is 2.72. The lowest BCUT2D eigenvalue weighted by Crippen LogP contribution is -1.78. The first-order valence-corrected chi connectivity index (χ1v) is 6.05. The van der Waals surface area contributed by atoms with Crippen molar-refractivity contribution in [3.05, 3.63) is 42.2 Å². The molecule has 0 radical (unpaired) electrons. The minimum Gasteiger partial charge on any atom is -0.506 e. The largest absolute Gasteiger partial charge is 0.506 e. The van der Waals surface area contributed by atoms with Gasteiger partial charge in [-0.15, -0.1) is 11.3 Å². The Labute approximate surface area is 102 Å². The van der Waals surface area contributed by atoms with Crippen molar-refractivity contribution in [3.8, 4) is 16.3 Å². The lowest BCUT2D eigenvalue weighted by atomic mass is 10.2. The number of fused-ring (bicyclic) bond motifs is 1. The van der Waals surface area contributed by atoms with E-state index in [0.29, 0.717) is 0 Å². The van der Waals surface area contributed by atoms with Gasteiger partial charge >= 0.3 is 0 Å². The summed E-state index contributed by atoms with van der Waals surface area (Å²) in [5.74, 6) is 0.165. The van der Waals surface area contributed by atoms with Crippen molar-refractivity contribution in [2.24, 2.45) is 0 Å². The van der Waals surface area contributed by atoms with Crippen LogP contribution in [-0.4, -0.2) is 15.1 Å². The van der Waals surface area contributed by atoms with Gasteiger partial charge in [0, 0.05) is 11.8 Å². The lowest BCUT2D eigenvalue weighted by molar-refractivity contribution is 0.473. The second-order valence-electron chi connectivity index (χ2n) is 3.92. The van der Waals surface area contributed by atoms with Gasteiger partial charge in [-0.2, -0.15) is 0 Å². The summed E-state index contributed by atoms with van der Waals surface area (Å²) < 4.78 is 1.15. The molecule has 84 valence electrons. The van der Waals surface area contributed by atoms with Crippen LogP contribution in [-0.2, 0) is 0 Å². The van der Waals surface area contributed by atoms with Crippen LogP contribution < -0.4 is 0 Å². The van der Waals surface area contributed by atoms with Crippen LogP contribution in [0.15, 0.2) is 36.7 Å². The van der Waals surface area contributed by atoms with E-state index in [4.69, 9.17) is 0 Å². The zero-order chi connectivity index (χ0) is 11.8. The average molecular weight is 242 g/mol. The molecule has 0 atom stereocenters. The molecule has 0 aliphatic heterocycles. The molecule has 2 aromatic heterocycles. The normalized spacial score (nSPS) is 10.9. The van der Waals surface area contributed by atoms with Gasteiger partial charge in [-0.3, -0.25) is 4.98 Å². The maximum absolute atomic E-state index is 9.41.